The molecule has 10 nitrogen and oxygen atoms in total. The second-order valence-corrected chi connectivity index (χ2v) is 8.70. The summed E-state index contributed by atoms with van der Waals surface area (Å²) < 4.78 is 31.5. The van der Waals surface area contributed by atoms with Crippen LogP contribution in [-0.4, -0.2) is 38.4 Å². The number of aryl methyl sites for hydroxylation is 1. The molecule has 0 aromatic heterocycles. The molecule has 2 rings (SSSR count). The van der Waals surface area contributed by atoms with Crippen molar-refractivity contribution in [1.29, 1.82) is 0 Å². The van der Waals surface area contributed by atoms with Gasteiger partial charge in [0.05, 0.1) is 21.4 Å². The fourth-order valence-electron chi connectivity index (χ4n) is 2.40. The van der Waals surface area contributed by atoms with Gasteiger partial charge in [-0.2, -0.15) is 0 Å². The standard InChI is InChI=1S/C18H17Cl2N3O7S/c1-11-5-6-14(15(9-11)23(26)27)22-16(24)10-30-17(25)7-8-21-31(28,29)18-12(19)3-2-4-13(18)20/h2-6,9,21H,7-8,10H2,1H3,(H,22,24). The van der Waals surface area contributed by atoms with Gasteiger partial charge in [-0.05, 0) is 30.7 Å². The molecule has 0 radical (unpaired) electrons. The molecule has 13 heteroatoms. The normalized spacial score (nSPS) is 11.1. The van der Waals surface area contributed by atoms with Gasteiger partial charge in [0.25, 0.3) is 11.6 Å². The topological polar surface area (TPSA) is 145 Å². The van der Waals surface area contributed by atoms with E-state index in [1.807, 2.05) is 0 Å². The molecule has 0 bridgehead atoms. The van der Waals surface area contributed by atoms with E-state index in [9.17, 15) is 28.1 Å². The van der Waals surface area contributed by atoms with Crippen LogP contribution in [0, 0.1) is 17.0 Å². The average molecular weight is 490 g/mol. The van der Waals surface area contributed by atoms with Crippen molar-refractivity contribution < 1.29 is 27.7 Å². The second-order valence-electron chi connectivity index (χ2n) is 6.19. The summed E-state index contributed by atoms with van der Waals surface area (Å²) in [7, 11) is -4.07. The van der Waals surface area contributed by atoms with Gasteiger partial charge in [0, 0.05) is 12.6 Å². The number of esters is 1. The van der Waals surface area contributed by atoms with Crippen LogP contribution in [0.15, 0.2) is 41.3 Å². The van der Waals surface area contributed by atoms with Gasteiger partial charge in [-0.3, -0.25) is 19.7 Å². The molecule has 1 amide bonds. The fraction of sp³-hybridized carbons (Fsp3) is 0.222. The Morgan fingerprint density at radius 3 is 2.42 bits per heavy atom. The summed E-state index contributed by atoms with van der Waals surface area (Å²) in [5, 5.41) is 13.2. The van der Waals surface area contributed by atoms with Crippen molar-refractivity contribution >= 4 is 56.5 Å². The van der Waals surface area contributed by atoms with Gasteiger partial charge in [0.15, 0.2) is 6.61 Å². The zero-order chi connectivity index (χ0) is 23.2. The van der Waals surface area contributed by atoms with Gasteiger partial charge in [0.2, 0.25) is 10.0 Å². The van der Waals surface area contributed by atoms with Crippen LogP contribution in [0.4, 0.5) is 11.4 Å². The minimum atomic E-state index is -4.07. The van der Waals surface area contributed by atoms with E-state index in [1.165, 1.54) is 30.3 Å². The molecule has 0 unspecified atom stereocenters. The second kappa shape index (κ2) is 10.5. The van der Waals surface area contributed by atoms with E-state index in [0.29, 0.717) is 5.56 Å². The van der Waals surface area contributed by atoms with Gasteiger partial charge in [-0.1, -0.05) is 35.3 Å². The maximum absolute atomic E-state index is 12.3. The molecule has 0 aliphatic heterocycles. The molecule has 2 N–H and O–H groups in total. The molecule has 0 fully saturated rings. The molecule has 0 heterocycles. The number of nitro groups is 1. The first-order chi connectivity index (χ1) is 14.5. The molecule has 0 saturated carbocycles. The Morgan fingerprint density at radius 1 is 1.16 bits per heavy atom. The van der Waals surface area contributed by atoms with E-state index < -0.39 is 33.4 Å². The van der Waals surface area contributed by atoms with Gasteiger partial charge in [-0.15, -0.1) is 0 Å². The van der Waals surface area contributed by atoms with Gasteiger partial charge in [-0.25, -0.2) is 13.1 Å². The lowest BCUT2D eigenvalue weighted by Crippen LogP contribution is -2.28. The number of hydrogen-bond acceptors (Lipinski definition) is 7. The number of nitrogens with one attached hydrogen (secondary N) is 2. The number of benzene rings is 2. The number of carbonyl (C=O) groups excluding carboxylic acids is 2. The minimum absolute atomic E-state index is 0.0407. The lowest BCUT2D eigenvalue weighted by Gasteiger charge is -2.10. The third kappa shape index (κ3) is 6.89. The van der Waals surface area contributed by atoms with Gasteiger partial charge in [0.1, 0.15) is 10.6 Å². The predicted octanol–water partition coefficient (Wildman–Crippen LogP) is 3.06. The van der Waals surface area contributed by atoms with Crippen molar-refractivity contribution in [3.05, 3.63) is 62.1 Å². The third-order valence-corrected chi connectivity index (χ3v) is 6.21. The SMILES string of the molecule is Cc1ccc(NC(=O)COC(=O)CCNS(=O)(=O)c2c(Cl)cccc2Cl)c([N+](=O)[O-])c1. The number of anilines is 1. The van der Waals surface area contributed by atoms with Gasteiger partial charge < -0.3 is 10.1 Å². The number of ether oxygens (including phenoxy) is 1. The number of nitrogens with zero attached hydrogens (tertiary/aromatic N) is 1. The van der Waals surface area contributed by atoms with E-state index in [2.05, 4.69) is 10.0 Å². The molecular weight excluding hydrogens is 473 g/mol. The lowest BCUT2D eigenvalue weighted by atomic mass is 10.2. The van der Waals surface area contributed by atoms with Crippen LogP contribution in [0.25, 0.3) is 0 Å². The van der Waals surface area contributed by atoms with E-state index in [1.54, 1.807) is 13.0 Å². The third-order valence-electron chi connectivity index (χ3n) is 3.80. The summed E-state index contributed by atoms with van der Waals surface area (Å²) in [6.07, 6.45) is -0.376. The van der Waals surface area contributed by atoms with E-state index in [4.69, 9.17) is 27.9 Å². The van der Waals surface area contributed by atoms with Crippen molar-refractivity contribution in [2.45, 2.75) is 18.2 Å². The van der Waals surface area contributed by atoms with Crippen molar-refractivity contribution in [2.24, 2.45) is 0 Å². The van der Waals surface area contributed by atoms with Crippen LogP contribution >= 0.6 is 23.2 Å². The van der Waals surface area contributed by atoms with Crippen molar-refractivity contribution in [3.8, 4) is 0 Å². The Hall–Kier alpha value is -2.73. The highest BCUT2D eigenvalue weighted by atomic mass is 35.5. The van der Waals surface area contributed by atoms with E-state index in [0.717, 1.165) is 0 Å². The summed E-state index contributed by atoms with van der Waals surface area (Å²) in [6.45, 7) is 0.634. The van der Waals surface area contributed by atoms with Crippen molar-refractivity contribution in [3.63, 3.8) is 0 Å². The van der Waals surface area contributed by atoms with Crippen LogP contribution in [-0.2, 0) is 24.3 Å². The Morgan fingerprint density at radius 2 is 1.81 bits per heavy atom. The number of rotatable bonds is 9. The highest BCUT2D eigenvalue weighted by Gasteiger charge is 2.22. The Kier molecular flexibility index (Phi) is 8.34. The number of hydrogen-bond donors (Lipinski definition) is 2. The van der Waals surface area contributed by atoms with Crippen molar-refractivity contribution in [2.75, 3.05) is 18.5 Å². The molecule has 0 saturated heterocycles. The van der Waals surface area contributed by atoms with E-state index >= 15 is 0 Å². The highest BCUT2D eigenvalue weighted by Crippen LogP contribution is 2.28. The summed E-state index contributed by atoms with van der Waals surface area (Å²) in [5.41, 5.74) is 0.296. The first kappa shape index (κ1) is 24.5. The highest BCUT2D eigenvalue weighted by molar-refractivity contribution is 7.89. The van der Waals surface area contributed by atoms with Crippen LogP contribution in [0.2, 0.25) is 10.0 Å². The first-order valence-electron chi connectivity index (χ1n) is 8.65. The largest absolute Gasteiger partial charge is 0.456 e. The zero-order valence-corrected chi connectivity index (χ0v) is 18.4. The minimum Gasteiger partial charge on any atom is -0.456 e. The van der Waals surface area contributed by atoms with E-state index in [-0.39, 0.29) is 39.3 Å². The first-order valence-corrected chi connectivity index (χ1v) is 10.9. The number of carbonyl (C=O) groups is 2. The maximum Gasteiger partial charge on any atom is 0.307 e. The quantitative estimate of drug-likeness (QED) is 0.312. The van der Waals surface area contributed by atoms with Crippen LogP contribution < -0.4 is 10.0 Å². The number of amides is 1. The molecule has 0 aliphatic rings. The Labute approximate surface area is 187 Å². The lowest BCUT2D eigenvalue weighted by molar-refractivity contribution is -0.384. The number of nitro benzene ring substituents is 1. The van der Waals surface area contributed by atoms with Crippen LogP contribution in [0.1, 0.15) is 12.0 Å². The molecule has 0 aliphatic carbocycles. The summed E-state index contributed by atoms with van der Waals surface area (Å²) in [6, 6.07) is 8.42. The smallest absolute Gasteiger partial charge is 0.307 e. The Bertz CT molecular complexity index is 1100. The zero-order valence-electron chi connectivity index (χ0n) is 16.1. The predicted molar refractivity (Wildman–Crippen MR) is 114 cm³/mol. The Balaban J connectivity index is 1.85. The molecule has 0 atom stereocenters. The number of halogens is 2. The molecule has 31 heavy (non-hydrogen) atoms. The molecule has 0 spiro atoms. The summed E-state index contributed by atoms with van der Waals surface area (Å²) >= 11 is 11.7. The van der Waals surface area contributed by atoms with Crippen LogP contribution in [0.3, 0.4) is 0 Å². The molecule has 2 aromatic carbocycles. The average Bonchev–Trinajstić information content (AvgIpc) is 2.67. The molecular formula is C18H17Cl2N3O7S. The van der Waals surface area contributed by atoms with Gasteiger partial charge >= 0.3 is 5.97 Å². The van der Waals surface area contributed by atoms with Crippen LogP contribution in [0.5, 0.6) is 0 Å². The molecule has 166 valence electrons. The fourth-order valence-corrected chi connectivity index (χ4v) is 4.57. The summed E-state index contributed by atoms with van der Waals surface area (Å²) in [5.74, 6) is -1.65. The number of sulfonamides is 1. The monoisotopic (exact) mass is 489 g/mol. The molecule has 2 aromatic rings. The maximum atomic E-state index is 12.3. The summed E-state index contributed by atoms with van der Waals surface area (Å²) in [4.78, 5) is 33.8. The van der Waals surface area contributed by atoms with Crippen molar-refractivity contribution in [1.82, 2.24) is 4.72 Å².